The van der Waals surface area contributed by atoms with Gasteiger partial charge in [0.2, 0.25) is 0 Å². The summed E-state index contributed by atoms with van der Waals surface area (Å²) in [4.78, 5) is 16.7. The lowest BCUT2D eigenvalue weighted by molar-refractivity contribution is 0.102. The topological polar surface area (TPSA) is 88.2 Å². The van der Waals surface area contributed by atoms with Crippen molar-refractivity contribution in [3.05, 3.63) is 65.7 Å². The van der Waals surface area contributed by atoms with E-state index in [0.717, 1.165) is 6.26 Å². The number of rotatable bonds is 5. The van der Waals surface area contributed by atoms with E-state index in [0.29, 0.717) is 22.2 Å². The van der Waals surface area contributed by atoms with E-state index in [1.807, 2.05) is 18.2 Å². The number of hydrogen-bond acceptors (Lipinski definition) is 6. The zero-order chi connectivity index (χ0) is 17.9. The Morgan fingerprint density at radius 3 is 2.32 bits per heavy atom. The maximum Gasteiger partial charge on any atom is 0.275 e. The molecule has 0 saturated carbocycles. The highest BCUT2D eigenvalue weighted by Crippen LogP contribution is 2.22. The van der Waals surface area contributed by atoms with Crippen molar-refractivity contribution in [2.45, 2.75) is 4.90 Å². The lowest BCUT2D eigenvalue weighted by Gasteiger charge is -2.04. The second-order valence-corrected chi connectivity index (χ2v) is 8.15. The predicted octanol–water partition coefficient (Wildman–Crippen LogP) is 3.54. The number of carbonyl (C=O) groups is 1. The standard InChI is InChI=1S/C17H15N3O3S2/c1-25(22,23)14-9-7-13(8-10-14)19-17-20-15(11-24-17)16(21)18-12-5-3-2-4-6-12/h2-11H,1H3,(H,18,21)(H,19,20). The van der Waals surface area contributed by atoms with Gasteiger partial charge in [0.05, 0.1) is 4.90 Å². The number of thiazole rings is 1. The number of hydrogen-bond donors (Lipinski definition) is 2. The third-order valence-corrected chi connectivity index (χ3v) is 5.19. The summed E-state index contributed by atoms with van der Waals surface area (Å²) < 4.78 is 22.9. The fourth-order valence-corrected chi connectivity index (χ4v) is 3.40. The number of carbonyl (C=O) groups excluding carboxylic acids is 1. The van der Waals surface area contributed by atoms with Crippen LogP contribution in [-0.2, 0) is 9.84 Å². The van der Waals surface area contributed by atoms with Crippen molar-refractivity contribution in [1.82, 2.24) is 4.98 Å². The lowest BCUT2D eigenvalue weighted by Crippen LogP contribution is -2.12. The van der Waals surface area contributed by atoms with E-state index in [-0.39, 0.29) is 10.8 Å². The van der Waals surface area contributed by atoms with Crippen LogP contribution in [0, 0.1) is 0 Å². The van der Waals surface area contributed by atoms with Crippen LogP contribution >= 0.6 is 11.3 Å². The Bertz CT molecular complexity index is 981. The molecular weight excluding hydrogens is 358 g/mol. The first-order valence-corrected chi connectivity index (χ1v) is 10.1. The maximum atomic E-state index is 12.2. The summed E-state index contributed by atoms with van der Waals surface area (Å²) in [7, 11) is -3.22. The summed E-state index contributed by atoms with van der Waals surface area (Å²) in [6.45, 7) is 0. The molecule has 0 spiro atoms. The van der Waals surface area contributed by atoms with E-state index in [1.165, 1.54) is 23.5 Å². The Morgan fingerprint density at radius 2 is 1.68 bits per heavy atom. The first kappa shape index (κ1) is 17.1. The first-order valence-electron chi connectivity index (χ1n) is 7.31. The summed E-state index contributed by atoms with van der Waals surface area (Å²) in [6, 6.07) is 15.5. The molecule has 1 amide bonds. The highest BCUT2D eigenvalue weighted by Gasteiger charge is 2.12. The summed E-state index contributed by atoms with van der Waals surface area (Å²) in [5.74, 6) is -0.289. The Hall–Kier alpha value is -2.71. The van der Waals surface area contributed by atoms with Crippen LogP contribution in [0.25, 0.3) is 0 Å². The molecule has 0 saturated heterocycles. The van der Waals surface area contributed by atoms with E-state index in [2.05, 4.69) is 15.6 Å². The number of nitrogens with zero attached hydrogens (tertiary/aromatic N) is 1. The van der Waals surface area contributed by atoms with Gasteiger partial charge in [-0.3, -0.25) is 4.79 Å². The van der Waals surface area contributed by atoms with E-state index in [1.54, 1.807) is 29.6 Å². The molecule has 0 aliphatic carbocycles. The van der Waals surface area contributed by atoms with Gasteiger partial charge < -0.3 is 10.6 Å². The molecule has 8 heteroatoms. The SMILES string of the molecule is CS(=O)(=O)c1ccc(Nc2nc(C(=O)Nc3ccccc3)cs2)cc1. The van der Waals surface area contributed by atoms with Crippen LogP contribution in [0.5, 0.6) is 0 Å². The van der Waals surface area contributed by atoms with Crippen LogP contribution in [-0.4, -0.2) is 25.6 Å². The van der Waals surface area contributed by atoms with Crippen molar-refractivity contribution in [2.24, 2.45) is 0 Å². The Balaban J connectivity index is 1.68. The molecule has 0 unspecified atom stereocenters. The van der Waals surface area contributed by atoms with Gasteiger partial charge in [-0.2, -0.15) is 0 Å². The summed E-state index contributed by atoms with van der Waals surface area (Å²) in [6.07, 6.45) is 1.16. The second-order valence-electron chi connectivity index (χ2n) is 5.28. The first-order chi connectivity index (χ1) is 11.9. The average Bonchev–Trinajstić information content (AvgIpc) is 3.04. The molecule has 1 aromatic heterocycles. The molecule has 0 bridgehead atoms. The monoisotopic (exact) mass is 373 g/mol. The van der Waals surface area contributed by atoms with Crippen LogP contribution in [0.2, 0.25) is 0 Å². The molecule has 25 heavy (non-hydrogen) atoms. The molecule has 2 aromatic carbocycles. The van der Waals surface area contributed by atoms with Gasteiger partial charge in [-0.15, -0.1) is 11.3 Å². The van der Waals surface area contributed by atoms with Gasteiger partial charge in [-0.25, -0.2) is 13.4 Å². The number of para-hydroxylation sites is 1. The average molecular weight is 373 g/mol. The van der Waals surface area contributed by atoms with E-state index < -0.39 is 9.84 Å². The minimum Gasteiger partial charge on any atom is -0.332 e. The number of anilines is 3. The molecule has 3 rings (SSSR count). The summed E-state index contributed by atoms with van der Waals surface area (Å²) in [5.41, 5.74) is 1.70. The van der Waals surface area contributed by atoms with Gasteiger partial charge in [0.25, 0.3) is 5.91 Å². The van der Waals surface area contributed by atoms with Gasteiger partial charge in [-0.1, -0.05) is 18.2 Å². The van der Waals surface area contributed by atoms with Gasteiger partial charge in [-0.05, 0) is 36.4 Å². The smallest absolute Gasteiger partial charge is 0.275 e. The molecule has 0 fully saturated rings. The third kappa shape index (κ3) is 4.43. The van der Waals surface area contributed by atoms with Gasteiger partial charge >= 0.3 is 0 Å². The van der Waals surface area contributed by atoms with Crippen molar-refractivity contribution in [3.8, 4) is 0 Å². The van der Waals surface area contributed by atoms with Gasteiger partial charge in [0, 0.05) is 23.0 Å². The summed E-state index contributed by atoms with van der Waals surface area (Å²) >= 11 is 1.29. The fraction of sp³-hybridized carbons (Fsp3) is 0.0588. The van der Waals surface area contributed by atoms with Crippen LogP contribution < -0.4 is 10.6 Å². The summed E-state index contributed by atoms with van der Waals surface area (Å²) in [5, 5.41) is 8.03. The van der Waals surface area contributed by atoms with Crippen molar-refractivity contribution in [2.75, 3.05) is 16.9 Å². The Labute approximate surface area is 149 Å². The molecule has 3 aromatic rings. The molecule has 0 aliphatic rings. The van der Waals surface area contributed by atoms with Crippen molar-refractivity contribution >= 4 is 43.6 Å². The molecule has 2 N–H and O–H groups in total. The number of sulfone groups is 1. The zero-order valence-corrected chi connectivity index (χ0v) is 14.9. The molecule has 0 atom stereocenters. The maximum absolute atomic E-state index is 12.2. The highest BCUT2D eigenvalue weighted by atomic mass is 32.2. The van der Waals surface area contributed by atoms with Gasteiger partial charge in [0.15, 0.2) is 15.0 Å². The minimum absolute atomic E-state index is 0.250. The largest absolute Gasteiger partial charge is 0.332 e. The second kappa shape index (κ2) is 7.04. The molecule has 0 aliphatic heterocycles. The van der Waals surface area contributed by atoms with E-state index in [4.69, 9.17) is 0 Å². The van der Waals surface area contributed by atoms with Gasteiger partial charge in [0.1, 0.15) is 5.69 Å². The Morgan fingerprint density at radius 1 is 1.00 bits per heavy atom. The Kier molecular flexibility index (Phi) is 4.82. The number of nitrogens with one attached hydrogen (secondary N) is 2. The number of aromatic nitrogens is 1. The van der Waals surface area contributed by atoms with Crippen LogP contribution in [0.4, 0.5) is 16.5 Å². The highest BCUT2D eigenvalue weighted by molar-refractivity contribution is 7.90. The molecule has 0 radical (unpaired) electrons. The van der Waals surface area contributed by atoms with Crippen LogP contribution in [0.3, 0.4) is 0 Å². The van der Waals surface area contributed by atoms with Crippen molar-refractivity contribution in [3.63, 3.8) is 0 Å². The molecule has 1 heterocycles. The zero-order valence-electron chi connectivity index (χ0n) is 13.3. The lowest BCUT2D eigenvalue weighted by atomic mass is 10.3. The normalized spacial score (nSPS) is 11.1. The molecule has 128 valence electrons. The molecule has 6 nitrogen and oxygen atoms in total. The van der Waals surface area contributed by atoms with Crippen molar-refractivity contribution < 1.29 is 13.2 Å². The number of amides is 1. The minimum atomic E-state index is -3.22. The number of benzene rings is 2. The third-order valence-electron chi connectivity index (χ3n) is 3.30. The van der Waals surface area contributed by atoms with Crippen LogP contribution in [0.15, 0.2) is 64.9 Å². The van der Waals surface area contributed by atoms with Crippen molar-refractivity contribution in [1.29, 1.82) is 0 Å². The van der Waals surface area contributed by atoms with E-state index >= 15 is 0 Å². The van der Waals surface area contributed by atoms with E-state index in [9.17, 15) is 13.2 Å². The van der Waals surface area contributed by atoms with Crippen LogP contribution in [0.1, 0.15) is 10.5 Å². The fourth-order valence-electron chi connectivity index (χ4n) is 2.06. The molecular formula is C17H15N3O3S2. The predicted molar refractivity (Wildman–Crippen MR) is 99.3 cm³/mol. The quantitative estimate of drug-likeness (QED) is 0.714.